The van der Waals surface area contributed by atoms with Crippen LogP contribution in [0.2, 0.25) is 0 Å². The highest BCUT2D eigenvalue weighted by atomic mass is 35.5. The maximum Gasteiger partial charge on any atom is 0.156 e. The normalized spacial score (nSPS) is 13.6. The van der Waals surface area contributed by atoms with Gasteiger partial charge in [0.2, 0.25) is 0 Å². The Kier molecular flexibility index (Phi) is 14.2. The van der Waals surface area contributed by atoms with E-state index in [9.17, 15) is 0 Å². The van der Waals surface area contributed by atoms with Crippen LogP contribution < -0.4 is 10.4 Å². The predicted molar refractivity (Wildman–Crippen MR) is 170 cm³/mol. The molecule has 192 valence electrons. The Balaban J connectivity index is 0.00000124. The van der Waals surface area contributed by atoms with E-state index in [0.29, 0.717) is 16.6 Å². The number of halogens is 1. The van der Waals surface area contributed by atoms with Gasteiger partial charge in [0, 0.05) is 16.3 Å². The first kappa shape index (κ1) is 31.3. The molecule has 1 heterocycles. The van der Waals surface area contributed by atoms with Gasteiger partial charge in [-0.3, -0.25) is 0 Å². The summed E-state index contributed by atoms with van der Waals surface area (Å²) in [5, 5.41) is 2.63. The smallest absolute Gasteiger partial charge is 0.156 e. The highest BCUT2D eigenvalue weighted by molar-refractivity contribution is 6.61. The first-order valence-corrected chi connectivity index (χ1v) is 12.7. The van der Waals surface area contributed by atoms with Gasteiger partial charge >= 0.3 is 0 Å². The number of benzene rings is 1. The maximum atomic E-state index is 6.77. The number of hydrogen-bond acceptors (Lipinski definition) is 2. The van der Waals surface area contributed by atoms with Gasteiger partial charge in [-0.25, -0.2) is 9.98 Å². The Morgan fingerprint density at radius 1 is 0.946 bits per heavy atom. The fourth-order valence-electron chi connectivity index (χ4n) is 3.59. The van der Waals surface area contributed by atoms with E-state index in [1.54, 1.807) is 12.2 Å². The van der Waals surface area contributed by atoms with E-state index < -0.39 is 0 Å². The van der Waals surface area contributed by atoms with Crippen molar-refractivity contribution in [2.45, 2.75) is 41.5 Å². The van der Waals surface area contributed by atoms with E-state index in [2.05, 4.69) is 25.8 Å². The molecule has 1 aromatic heterocycles. The first-order valence-electron chi connectivity index (χ1n) is 12.3. The molecule has 0 radical (unpaired) electrons. The monoisotopic (exact) mass is 510 g/mol. The lowest BCUT2D eigenvalue weighted by Gasteiger charge is -2.15. The second-order valence-electron chi connectivity index (χ2n) is 7.93. The van der Waals surface area contributed by atoms with Crippen molar-refractivity contribution in [3.63, 3.8) is 0 Å². The molecule has 37 heavy (non-hydrogen) atoms. The number of nitrogens with zero attached hydrogens (tertiary/aromatic N) is 2. The molecule has 0 unspecified atom stereocenters. The van der Waals surface area contributed by atoms with E-state index in [-0.39, 0.29) is 0 Å². The van der Waals surface area contributed by atoms with Crippen molar-refractivity contribution in [3.8, 4) is 0 Å². The molecule has 0 saturated heterocycles. The molecule has 0 aliphatic heterocycles. The van der Waals surface area contributed by atoms with Crippen molar-refractivity contribution in [3.05, 3.63) is 125 Å². The van der Waals surface area contributed by atoms with E-state index in [4.69, 9.17) is 21.6 Å². The Labute approximate surface area is 228 Å². The lowest BCUT2D eigenvalue weighted by atomic mass is 9.96. The second-order valence-corrected chi connectivity index (χ2v) is 8.31. The number of aliphatic imine (C=N–C) groups is 1. The molecule has 0 amide bonds. The summed E-state index contributed by atoms with van der Waals surface area (Å²) >= 11 is 6.77. The number of pyridine rings is 1. The van der Waals surface area contributed by atoms with Crippen LogP contribution in [0, 0.1) is 6.92 Å². The zero-order chi connectivity index (χ0) is 27.8. The number of rotatable bonds is 8. The van der Waals surface area contributed by atoms with Gasteiger partial charge in [0.25, 0.3) is 0 Å². The van der Waals surface area contributed by atoms with Crippen molar-refractivity contribution >= 4 is 52.0 Å². The third kappa shape index (κ3) is 8.70. The van der Waals surface area contributed by atoms with Gasteiger partial charge in [0.15, 0.2) is 5.82 Å². The second kappa shape index (κ2) is 16.8. The first-order chi connectivity index (χ1) is 17.8. The van der Waals surface area contributed by atoms with E-state index in [1.807, 2.05) is 114 Å². The van der Waals surface area contributed by atoms with Gasteiger partial charge in [0.05, 0.1) is 16.4 Å². The third-order valence-electron chi connectivity index (χ3n) is 5.46. The molecule has 2 rings (SSSR count). The van der Waals surface area contributed by atoms with E-state index in [0.717, 1.165) is 38.4 Å². The minimum atomic E-state index is 0.611. The molecule has 1 aromatic carbocycles. The van der Waals surface area contributed by atoms with Gasteiger partial charge in [-0.2, -0.15) is 0 Å². The van der Waals surface area contributed by atoms with Gasteiger partial charge in [-0.15, -0.1) is 0 Å². The van der Waals surface area contributed by atoms with Gasteiger partial charge in [-0.1, -0.05) is 122 Å². The number of allylic oxidation sites excluding steroid dienone is 9. The van der Waals surface area contributed by atoms with Crippen molar-refractivity contribution in [1.82, 2.24) is 4.98 Å². The molecule has 0 aliphatic carbocycles. The summed E-state index contributed by atoms with van der Waals surface area (Å²) in [6.07, 6.45) is 21.2. The fraction of sp³-hybridized carbons (Fsp3) is 0.176. The average molecular weight is 511 g/mol. The van der Waals surface area contributed by atoms with Gasteiger partial charge in [-0.05, 0) is 57.9 Å². The summed E-state index contributed by atoms with van der Waals surface area (Å²) in [6.45, 7) is 23.2. The molecule has 0 fully saturated rings. The molecular formula is C34H39ClN2. The molecule has 2 aromatic rings. The van der Waals surface area contributed by atoms with Crippen LogP contribution in [-0.4, -0.2) is 10.7 Å². The molecule has 0 spiro atoms. The van der Waals surface area contributed by atoms with Crippen LogP contribution in [0.3, 0.4) is 0 Å². The Morgan fingerprint density at radius 2 is 1.62 bits per heavy atom. The molecule has 0 bridgehead atoms. The minimum absolute atomic E-state index is 0.611. The Morgan fingerprint density at radius 3 is 2.14 bits per heavy atom. The zero-order valence-electron chi connectivity index (χ0n) is 23.1. The molecule has 3 heteroatoms. The summed E-state index contributed by atoms with van der Waals surface area (Å²) in [4.78, 5) is 9.81. The third-order valence-corrected chi connectivity index (χ3v) is 5.94. The number of hydrogen-bond donors (Lipinski definition) is 0. The fourth-order valence-corrected chi connectivity index (χ4v) is 3.80. The Bertz CT molecular complexity index is 1380. The molecular weight excluding hydrogens is 472 g/mol. The highest BCUT2D eigenvalue weighted by Crippen LogP contribution is 2.32. The largest absolute Gasteiger partial charge is 0.232 e. The summed E-state index contributed by atoms with van der Waals surface area (Å²) < 4.78 is 0. The summed E-state index contributed by atoms with van der Waals surface area (Å²) in [5.41, 5.74) is 5.50. The van der Waals surface area contributed by atoms with Crippen molar-refractivity contribution < 1.29 is 0 Å². The van der Waals surface area contributed by atoms with Crippen molar-refractivity contribution in [2.75, 3.05) is 0 Å². The number of aromatic nitrogens is 1. The van der Waals surface area contributed by atoms with Crippen LogP contribution in [0.25, 0.3) is 28.8 Å². The van der Waals surface area contributed by atoms with Crippen LogP contribution in [0.4, 0.5) is 5.82 Å². The van der Waals surface area contributed by atoms with Crippen LogP contribution in [0.5, 0.6) is 0 Å². The van der Waals surface area contributed by atoms with Crippen LogP contribution in [-0.2, 0) is 0 Å². The standard InChI is InChI=1S/C29H31ClN2.C5H8/c1-8-13-17-23(11-4)28-24(12-5)25(16-9-2)20(6)29(32-28)31-21(7)27(30)26-19-15-14-18-22(26)10-3;1-3-5-4-2/h8-19H,1,5H2,2-4,6-7H3;3-5H,1H2,2H3/b16-9-,17-13-,22-10-,23-11+,27-26+,31-21?;5-4-. The molecule has 0 saturated carbocycles. The molecule has 2 nitrogen and oxygen atoms in total. The summed E-state index contributed by atoms with van der Waals surface area (Å²) in [7, 11) is 0. The van der Waals surface area contributed by atoms with Crippen LogP contribution >= 0.6 is 11.6 Å². The zero-order valence-corrected chi connectivity index (χ0v) is 23.8. The van der Waals surface area contributed by atoms with Gasteiger partial charge < -0.3 is 0 Å². The highest BCUT2D eigenvalue weighted by Gasteiger charge is 2.16. The van der Waals surface area contributed by atoms with E-state index >= 15 is 0 Å². The molecule has 0 N–H and O–H groups in total. The van der Waals surface area contributed by atoms with Crippen molar-refractivity contribution in [1.29, 1.82) is 0 Å². The predicted octanol–water partition coefficient (Wildman–Crippen LogP) is 8.90. The lowest BCUT2D eigenvalue weighted by molar-refractivity contribution is 1.18. The average Bonchev–Trinajstić information content (AvgIpc) is 2.91. The maximum absolute atomic E-state index is 6.77. The van der Waals surface area contributed by atoms with E-state index in [1.165, 1.54) is 0 Å². The molecule has 0 aliphatic rings. The summed E-state index contributed by atoms with van der Waals surface area (Å²) in [6, 6.07) is 8.03. The van der Waals surface area contributed by atoms with Crippen molar-refractivity contribution in [2.24, 2.45) is 4.99 Å². The quantitative estimate of drug-likeness (QED) is 0.257. The van der Waals surface area contributed by atoms with Gasteiger partial charge in [0.1, 0.15) is 0 Å². The topological polar surface area (TPSA) is 25.2 Å². The van der Waals surface area contributed by atoms with Crippen LogP contribution in [0.1, 0.15) is 57.0 Å². The molecule has 0 atom stereocenters. The van der Waals surface area contributed by atoms with Crippen LogP contribution in [0.15, 0.2) is 97.6 Å². The minimum Gasteiger partial charge on any atom is -0.232 e. The Hall–Kier alpha value is -3.75. The lowest BCUT2D eigenvalue weighted by Crippen LogP contribution is -2.26. The summed E-state index contributed by atoms with van der Waals surface area (Å²) in [5.74, 6) is 0.638. The SMILES string of the molecule is C=C/C=C\C.C=C/C=C\C(=C/C)c1nc(N=C(C)/C(Cl)=c2/cccc/c2=C/C)c(C)c(/C=C\C)c1C=C.